The van der Waals surface area contributed by atoms with Crippen LogP contribution in [0.25, 0.3) is 0 Å². The van der Waals surface area contributed by atoms with Gasteiger partial charge in [0.25, 0.3) is 0 Å². The van der Waals surface area contributed by atoms with Gasteiger partial charge in [-0.05, 0) is 174 Å². The van der Waals surface area contributed by atoms with Gasteiger partial charge in [-0.1, -0.05) is 224 Å². The average Bonchev–Trinajstić information content (AvgIpc) is 0.937. The lowest BCUT2D eigenvalue weighted by molar-refractivity contribution is -0.133. The molecule has 612 valence electrons. The third-order valence-electron chi connectivity index (χ3n) is 20.6. The van der Waals surface area contributed by atoms with E-state index in [4.69, 9.17) is 22.9 Å². The van der Waals surface area contributed by atoms with Crippen LogP contribution in [0.15, 0.2) is 36.5 Å². The van der Waals surface area contributed by atoms with Gasteiger partial charge in [0.15, 0.2) is 5.78 Å². The summed E-state index contributed by atoms with van der Waals surface area (Å²) < 4.78 is 0. The maximum atomic E-state index is 14.4. The van der Waals surface area contributed by atoms with Crippen molar-refractivity contribution in [3.8, 4) is 0 Å². The molecule has 105 heavy (non-hydrogen) atoms. The molecule has 0 aliphatic carbocycles. The summed E-state index contributed by atoms with van der Waals surface area (Å²) in [5.74, 6) is -2.11. The fourth-order valence-corrected chi connectivity index (χ4v) is 13.5. The van der Waals surface area contributed by atoms with Crippen molar-refractivity contribution >= 4 is 41.1 Å². The maximum Gasteiger partial charge on any atom is 0.237 e. The zero-order valence-electron chi connectivity index (χ0n) is 68.1. The first-order valence-electron chi connectivity index (χ1n) is 43.8. The lowest BCUT2D eigenvalue weighted by Gasteiger charge is -2.27. The van der Waals surface area contributed by atoms with E-state index in [1.54, 1.807) is 0 Å². The molecule has 18 nitrogen and oxygen atoms in total. The van der Waals surface area contributed by atoms with Gasteiger partial charge in [0, 0.05) is 77.9 Å². The summed E-state index contributed by atoms with van der Waals surface area (Å²) in [6.45, 7) is 9.85. The molecule has 0 radical (unpaired) electrons. The fraction of sp³-hybridized carbons (Fsp3) is 0.851. The highest BCUT2D eigenvalue weighted by molar-refractivity contribution is 5.91. The third kappa shape index (κ3) is 62.2. The second-order valence-electron chi connectivity index (χ2n) is 30.3. The first-order valence-corrected chi connectivity index (χ1v) is 43.8. The Labute approximate surface area is 643 Å². The largest absolute Gasteiger partial charge is 0.396 e. The van der Waals surface area contributed by atoms with E-state index < -0.39 is 49.1 Å². The van der Waals surface area contributed by atoms with E-state index in [-0.39, 0.29) is 48.7 Å². The van der Waals surface area contributed by atoms with Crippen molar-refractivity contribution in [1.82, 2.24) is 25.3 Å². The van der Waals surface area contributed by atoms with Crippen LogP contribution in [-0.4, -0.2) is 156 Å². The van der Waals surface area contributed by atoms with Crippen LogP contribution in [0.3, 0.4) is 0 Å². The summed E-state index contributed by atoms with van der Waals surface area (Å²) in [5, 5.41) is 25.8. The molecule has 0 unspecified atom stereocenters. The lowest BCUT2D eigenvalue weighted by Crippen LogP contribution is -2.50. The van der Waals surface area contributed by atoms with Crippen molar-refractivity contribution in [3.63, 3.8) is 0 Å². The number of nitrogens with one attached hydrogen (secondary N) is 2. The number of ketones is 2. The van der Waals surface area contributed by atoms with Gasteiger partial charge < -0.3 is 58.5 Å². The van der Waals surface area contributed by atoms with Crippen molar-refractivity contribution in [3.05, 3.63) is 36.5 Å². The lowest BCUT2D eigenvalue weighted by atomic mass is 9.96. The highest BCUT2D eigenvalue weighted by Crippen LogP contribution is 2.18. The number of nitrogens with two attached hydrogens (primary N) is 4. The molecule has 4 atom stereocenters. The molecular formula is C87H165N9O9. The number of Topliss-reactive ketones (excluding diaryl/α,β-unsaturated/α-hetero) is 2. The Morgan fingerprint density at radius 2 is 0.648 bits per heavy atom. The van der Waals surface area contributed by atoms with Gasteiger partial charge in [-0.25, -0.2) is 0 Å². The van der Waals surface area contributed by atoms with Crippen LogP contribution < -0.4 is 33.6 Å². The normalized spacial score (nSPS) is 12.9. The Hall–Kier alpha value is -4.33. The van der Waals surface area contributed by atoms with Crippen molar-refractivity contribution in [2.75, 3.05) is 72.1 Å². The predicted octanol–water partition coefficient (Wildman–Crippen LogP) is 17.0. The molecule has 5 amide bonds. The second-order valence-corrected chi connectivity index (χ2v) is 30.3. The quantitative estimate of drug-likeness (QED) is 0.0208. The number of amides is 5. The maximum absolute atomic E-state index is 14.4. The number of aliphatic hydroxyl groups excluding tert-OH is 2. The standard InChI is InChI=1S/C87H165N9O9/c1-4-7-10-13-16-19-22-25-28-31-34-37-40-43-46-62-83(101)94(71-57-67-92-86(104)77(75-97)74-82(100)78(90)59-49-52-65-88)69-55-56-70-96(85(103)64-48-45-42-39-36-33-30-27-24-21-18-15-12-9-6-3)73-58-72-95(68-54-51-61-81(99)80(76-98)93-87(105)79(91)60-50-53-66-89)84(102)63-47-44-41-38-35-32-29-26-23-20-17-14-11-8-5-2/h25-30,77-80,97-98H,4-24,31-76,88-91H2,1-3H3,(H,92,104)(H,93,105)/b28-25-,29-26-,30-27-/t77-,78-,79-,80-/m0/s1. The molecule has 0 aromatic carbocycles. The number of hydrogen-bond acceptors (Lipinski definition) is 13. The van der Waals surface area contributed by atoms with Crippen LogP contribution in [0, 0.1) is 5.92 Å². The van der Waals surface area contributed by atoms with Gasteiger partial charge in [0.2, 0.25) is 29.5 Å². The van der Waals surface area contributed by atoms with Gasteiger partial charge in [0.1, 0.15) is 11.8 Å². The summed E-state index contributed by atoms with van der Waals surface area (Å²) in [4.78, 5) is 101. The minimum absolute atomic E-state index is 0.0677. The molecule has 0 saturated carbocycles. The minimum atomic E-state index is -1.06. The smallest absolute Gasteiger partial charge is 0.237 e. The third-order valence-corrected chi connectivity index (χ3v) is 20.6. The number of unbranched alkanes of at least 4 members (excludes halogenated alkanes) is 37. The molecule has 0 fully saturated rings. The van der Waals surface area contributed by atoms with Crippen LogP contribution in [0.2, 0.25) is 0 Å². The number of rotatable bonds is 80. The molecule has 0 bridgehead atoms. The van der Waals surface area contributed by atoms with Gasteiger partial charge in [-0.2, -0.15) is 0 Å². The van der Waals surface area contributed by atoms with Gasteiger partial charge in [0.05, 0.1) is 31.2 Å². The van der Waals surface area contributed by atoms with Crippen molar-refractivity contribution < 1.29 is 43.8 Å². The van der Waals surface area contributed by atoms with E-state index >= 15 is 0 Å². The molecule has 0 aliphatic rings. The van der Waals surface area contributed by atoms with Crippen LogP contribution in [0.1, 0.15) is 380 Å². The summed E-state index contributed by atoms with van der Waals surface area (Å²) in [6.07, 6.45) is 68.2. The zero-order valence-corrected chi connectivity index (χ0v) is 68.1. The summed E-state index contributed by atoms with van der Waals surface area (Å²) in [7, 11) is 0. The van der Waals surface area contributed by atoms with Crippen molar-refractivity contribution in [2.24, 2.45) is 28.9 Å². The topological polar surface area (TPSA) is 298 Å². The Morgan fingerprint density at radius 1 is 0.333 bits per heavy atom. The molecule has 0 spiro atoms. The van der Waals surface area contributed by atoms with Crippen LogP contribution in [0.4, 0.5) is 0 Å². The Bertz CT molecular complexity index is 2160. The van der Waals surface area contributed by atoms with E-state index in [9.17, 15) is 43.8 Å². The summed E-state index contributed by atoms with van der Waals surface area (Å²) in [6, 6.07) is -2.58. The number of nitrogens with zero attached hydrogens (tertiary/aromatic N) is 3. The molecule has 0 aliphatic heterocycles. The Morgan fingerprint density at radius 3 is 1.00 bits per heavy atom. The molecule has 0 saturated heterocycles. The molecular weight excluding hydrogens is 1320 g/mol. The molecule has 12 N–H and O–H groups in total. The van der Waals surface area contributed by atoms with E-state index in [2.05, 4.69) is 67.9 Å². The number of hydrogen-bond donors (Lipinski definition) is 8. The highest BCUT2D eigenvalue weighted by atomic mass is 16.3. The second kappa shape index (κ2) is 76.4. The summed E-state index contributed by atoms with van der Waals surface area (Å²) >= 11 is 0. The van der Waals surface area contributed by atoms with Gasteiger partial charge in [-0.3, -0.25) is 33.6 Å². The van der Waals surface area contributed by atoms with E-state index in [1.165, 1.54) is 116 Å². The average molecular weight is 1480 g/mol. The van der Waals surface area contributed by atoms with E-state index in [1.807, 2.05) is 14.7 Å². The predicted molar refractivity (Wildman–Crippen MR) is 439 cm³/mol. The van der Waals surface area contributed by atoms with E-state index in [0.717, 1.165) is 148 Å². The molecule has 0 heterocycles. The Balaban J connectivity index is 6.32. The van der Waals surface area contributed by atoms with E-state index in [0.29, 0.717) is 136 Å². The monoisotopic (exact) mass is 1480 g/mol. The minimum Gasteiger partial charge on any atom is -0.396 e. The number of aliphatic hydroxyl groups is 2. The molecule has 0 aromatic heterocycles. The number of carbonyl (C=O) groups excluding carboxylic acids is 7. The number of carbonyl (C=O) groups is 7. The fourth-order valence-electron chi connectivity index (χ4n) is 13.5. The van der Waals surface area contributed by atoms with Crippen LogP contribution in [-0.2, 0) is 33.6 Å². The van der Waals surface area contributed by atoms with Crippen molar-refractivity contribution in [2.45, 2.75) is 398 Å². The number of allylic oxidation sites excluding steroid dienone is 6. The van der Waals surface area contributed by atoms with Crippen LogP contribution >= 0.6 is 0 Å². The molecule has 0 rings (SSSR count). The Kier molecular flexibility index (Phi) is 73.3. The van der Waals surface area contributed by atoms with Gasteiger partial charge in [-0.15, -0.1) is 0 Å². The SMILES string of the molecule is CCCCCCCC/C=C\CCCCCCCC(=O)N(CCCCN(CCCN(CCCCC(=O)[C@H](CO)NC(=O)[C@@H](N)CCCCN)C(=O)CCCCCCC/C=C\CCCCCCCC)C(=O)CCCCCCC/C=C\CCCCCCCC)CCCNC(=O)[C@H](CO)CC(=O)[C@@H](N)CCCCN. The zero-order chi connectivity index (χ0) is 77.1. The van der Waals surface area contributed by atoms with Crippen molar-refractivity contribution in [1.29, 1.82) is 0 Å². The van der Waals surface area contributed by atoms with Gasteiger partial charge >= 0.3 is 0 Å². The molecule has 18 heteroatoms. The molecule has 0 aromatic rings. The first kappa shape index (κ1) is 101. The first-order chi connectivity index (χ1) is 51.2. The highest BCUT2D eigenvalue weighted by Gasteiger charge is 2.26. The van der Waals surface area contributed by atoms with Crippen LogP contribution in [0.5, 0.6) is 0 Å². The summed E-state index contributed by atoms with van der Waals surface area (Å²) in [5.41, 5.74) is 23.5.